The number of nitrogen functional groups attached to an aromatic ring is 1. The van der Waals surface area contributed by atoms with Crippen LogP contribution >= 0.6 is 18.2 Å². The quantitative estimate of drug-likeness (QED) is 0.377. The Balaban J connectivity index is 0.000000531. The molecule has 0 aliphatic carbocycles. The van der Waals surface area contributed by atoms with Gasteiger partial charge in [0.25, 0.3) is 0 Å². The minimum absolute atomic E-state index is 0.426. The minimum Gasteiger partial charge on any atom is -0.399 e. The van der Waals surface area contributed by atoms with Crippen LogP contribution in [0.25, 0.3) is 0 Å². The first-order valence-electron chi connectivity index (χ1n) is 9.29. The van der Waals surface area contributed by atoms with Gasteiger partial charge in [-0.3, -0.25) is 0 Å². The molecule has 1 aromatic carbocycles. The fraction of sp³-hybridized carbons (Fsp3) is 0.667. The lowest BCUT2D eigenvalue weighted by Crippen LogP contribution is -2.25. The molecule has 26 heavy (non-hydrogen) atoms. The first-order chi connectivity index (χ1) is 12.4. The second-order valence-corrected chi connectivity index (χ2v) is 9.49. The van der Waals surface area contributed by atoms with E-state index in [1.165, 1.54) is 11.4 Å². The van der Waals surface area contributed by atoms with Crippen LogP contribution in [0.1, 0.15) is 34.6 Å². The van der Waals surface area contributed by atoms with Crippen molar-refractivity contribution in [3.8, 4) is 0 Å². The monoisotopic (exact) mass is 405 g/mol. The summed E-state index contributed by atoms with van der Waals surface area (Å²) in [5.41, 5.74) is 7.42. The smallest absolute Gasteiger partial charge is 0.389 e. The van der Waals surface area contributed by atoms with Crippen LogP contribution in [0.4, 0.5) is 11.4 Å². The molecule has 0 heterocycles. The zero-order valence-electron chi connectivity index (χ0n) is 16.9. The summed E-state index contributed by atoms with van der Waals surface area (Å²) in [6, 6.07) is 7.72. The molecule has 0 amide bonds. The van der Waals surface area contributed by atoms with Gasteiger partial charge in [0.2, 0.25) is 0 Å². The number of nitrogens with one attached hydrogen (secondary N) is 1. The molecular formula is C18H36N3O3PS. The predicted octanol–water partition coefficient (Wildman–Crippen LogP) is 4.94. The number of hydrogen-bond donors (Lipinski definition) is 2. The molecule has 1 rings (SSSR count). The van der Waals surface area contributed by atoms with E-state index >= 15 is 0 Å². The summed E-state index contributed by atoms with van der Waals surface area (Å²) in [6.07, 6.45) is 0. The Morgan fingerprint density at radius 1 is 1.04 bits per heavy atom. The van der Waals surface area contributed by atoms with E-state index in [0.717, 1.165) is 43.3 Å². The standard InChI is InChI=1S/C10H24NO3PS.C8H12N2/c1-5-11(6-2)9-10-16-15(12,13-7-3)14-8-4;1-2-10-8-5-3-7(9)4-6-8/h5-10H2,1-4H3;3-6,10H,2,9H2,1H3. The van der Waals surface area contributed by atoms with Gasteiger partial charge in [0.15, 0.2) is 0 Å². The Labute approximate surface area is 163 Å². The molecule has 8 heteroatoms. The maximum Gasteiger partial charge on any atom is 0.389 e. The number of benzene rings is 1. The lowest BCUT2D eigenvalue weighted by Gasteiger charge is -2.20. The third kappa shape index (κ3) is 11.8. The Morgan fingerprint density at radius 2 is 1.58 bits per heavy atom. The lowest BCUT2D eigenvalue weighted by molar-refractivity contribution is 0.236. The molecule has 0 bridgehead atoms. The van der Waals surface area contributed by atoms with Gasteiger partial charge in [0.1, 0.15) is 0 Å². The highest BCUT2D eigenvalue weighted by Gasteiger charge is 2.24. The molecule has 0 saturated heterocycles. The molecule has 3 N–H and O–H groups in total. The van der Waals surface area contributed by atoms with E-state index in [2.05, 4.69) is 31.0 Å². The lowest BCUT2D eigenvalue weighted by atomic mass is 10.3. The molecule has 0 unspecified atom stereocenters. The van der Waals surface area contributed by atoms with E-state index in [1.807, 2.05) is 38.1 Å². The first-order valence-corrected chi connectivity index (χ1v) is 12.4. The van der Waals surface area contributed by atoms with Crippen molar-refractivity contribution in [2.45, 2.75) is 34.6 Å². The Bertz CT molecular complexity index is 489. The van der Waals surface area contributed by atoms with Crippen molar-refractivity contribution in [2.75, 3.05) is 56.2 Å². The van der Waals surface area contributed by atoms with Crippen molar-refractivity contribution in [3.05, 3.63) is 24.3 Å². The van der Waals surface area contributed by atoms with Gasteiger partial charge in [-0.2, -0.15) is 0 Å². The van der Waals surface area contributed by atoms with Crippen molar-refractivity contribution in [2.24, 2.45) is 0 Å². The molecule has 0 fully saturated rings. The molecule has 0 aromatic heterocycles. The van der Waals surface area contributed by atoms with E-state index < -0.39 is 6.80 Å². The van der Waals surface area contributed by atoms with E-state index in [1.54, 1.807) is 0 Å². The number of anilines is 2. The predicted molar refractivity (Wildman–Crippen MR) is 116 cm³/mol. The Hall–Kier alpha value is -0.720. The van der Waals surface area contributed by atoms with Crippen LogP contribution < -0.4 is 11.1 Å². The van der Waals surface area contributed by atoms with Crippen molar-refractivity contribution in [3.63, 3.8) is 0 Å². The number of rotatable bonds is 12. The SMILES string of the molecule is CCNc1ccc(N)cc1.CCOP(=O)(OCC)SCCN(CC)CC. The normalized spacial score (nSPS) is 11.2. The van der Waals surface area contributed by atoms with E-state index in [9.17, 15) is 4.57 Å². The molecule has 6 nitrogen and oxygen atoms in total. The summed E-state index contributed by atoms with van der Waals surface area (Å²) in [7, 11) is 0. The summed E-state index contributed by atoms with van der Waals surface area (Å²) in [5.74, 6) is 0.777. The molecule has 0 aliphatic rings. The van der Waals surface area contributed by atoms with E-state index in [0.29, 0.717) is 13.2 Å². The highest BCUT2D eigenvalue weighted by atomic mass is 32.7. The number of nitrogens with zero attached hydrogens (tertiary/aromatic N) is 1. The minimum atomic E-state index is -2.91. The number of nitrogens with two attached hydrogens (primary N) is 1. The fourth-order valence-electron chi connectivity index (χ4n) is 2.05. The molecule has 1 aromatic rings. The third-order valence-electron chi connectivity index (χ3n) is 3.42. The van der Waals surface area contributed by atoms with Gasteiger partial charge in [-0.25, -0.2) is 4.57 Å². The van der Waals surface area contributed by atoms with Crippen LogP contribution in [0, 0.1) is 0 Å². The van der Waals surface area contributed by atoms with Crippen LogP contribution in [-0.2, 0) is 13.6 Å². The van der Waals surface area contributed by atoms with E-state index in [4.69, 9.17) is 14.8 Å². The van der Waals surface area contributed by atoms with Crippen LogP contribution in [-0.4, -0.2) is 50.0 Å². The fourth-order valence-corrected chi connectivity index (χ4v) is 5.47. The summed E-state index contributed by atoms with van der Waals surface area (Å²) < 4.78 is 22.5. The second-order valence-electron chi connectivity index (χ2n) is 5.30. The first kappa shape index (κ1) is 25.3. The molecule has 0 atom stereocenters. The maximum absolute atomic E-state index is 12.1. The summed E-state index contributed by atoms with van der Waals surface area (Å²) in [6.45, 7) is 11.8. The van der Waals surface area contributed by atoms with Crippen LogP contribution in [0.2, 0.25) is 0 Å². The molecule has 0 saturated carbocycles. The van der Waals surface area contributed by atoms with Crippen molar-refractivity contribution >= 4 is 29.6 Å². The van der Waals surface area contributed by atoms with Crippen LogP contribution in [0.15, 0.2) is 24.3 Å². The maximum atomic E-state index is 12.1. The van der Waals surface area contributed by atoms with Gasteiger partial charge in [-0.05, 0) is 69.5 Å². The zero-order chi connectivity index (χ0) is 19.8. The molecule has 0 aliphatic heterocycles. The average Bonchev–Trinajstić information content (AvgIpc) is 2.62. The van der Waals surface area contributed by atoms with Crippen molar-refractivity contribution in [1.82, 2.24) is 4.90 Å². The third-order valence-corrected chi connectivity index (χ3v) is 7.38. The van der Waals surface area contributed by atoms with Gasteiger partial charge in [0.05, 0.1) is 13.2 Å². The second kappa shape index (κ2) is 15.3. The highest BCUT2D eigenvalue weighted by Crippen LogP contribution is 2.60. The summed E-state index contributed by atoms with van der Waals surface area (Å²) in [4.78, 5) is 2.29. The Morgan fingerprint density at radius 3 is 2.00 bits per heavy atom. The van der Waals surface area contributed by atoms with Gasteiger partial charge in [-0.1, -0.05) is 13.8 Å². The Kier molecular flexibility index (Phi) is 14.9. The summed E-state index contributed by atoms with van der Waals surface area (Å²) >= 11 is 1.30. The molecule has 152 valence electrons. The van der Waals surface area contributed by atoms with Gasteiger partial charge < -0.3 is 25.0 Å². The average molecular weight is 406 g/mol. The summed E-state index contributed by atoms with van der Waals surface area (Å²) in [5, 5.41) is 3.18. The zero-order valence-corrected chi connectivity index (χ0v) is 18.6. The van der Waals surface area contributed by atoms with Crippen LogP contribution in [0.3, 0.4) is 0 Å². The topological polar surface area (TPSA) is 76.8 Å². The van der Waals surface area contributed by atoms with Crippen molar-refractivity contribution in [1.29, 1.82) is 0 Å². The molecular weight excluding hydrogens is 369 g/mol. The van der Waals surface area contributed by atoms with Crippen LogP contribution in [0.5, 0.6) is 0 Å². The molecule has 0 spiro atoms. The van der Waals surface area contributed by atoms with Gasteiger partial charge in [-0.15, -0.1) is 0 Å². The molecule has 0 radical (unpaired) electrons. The van der Waals surface area contributed by atoms with Crippen molar-refractivity contribution < 1.29 is 13.6 Å². The number of hydrogen-bond acceptors (Lipinski definition) is 7. The largest absolute Gasteiger partial charge is 0.399 e. The van der Waals surface area contributed by atoms with E-state index in [-0.39, 0.29) is 0 Å². The highest BCUT2D eigenvalue weighted by molar-refractivity contribution is 8.55. The van der Waals surface area contributed by atoms with Gasteiger partial charge >= 0.3 is 6.80 Å². The van der Waals surface area contributed by atoms with Gasteiger partial charge in [0, 0.05) is 30.2 Å².